The van der Waals surface area contributed by atoms with Gasteiger partial charge in [0.1, 0.15) is 12.4 Å². The van der Waals surface area contributed by atoms with Gasteiger partial charge in [0.15, 0.2) is 5.60 Å². The van der Waals surface area contributed by atoms with E-state index in [9.17, 15) is 4.79 Å². The SMILES string of the molecule is O=C(c1cc(Cl)ccc1OCc1ccccc1)C1(c2ccccc2)CO1. The second kappa shape index (κ2) is 6.94. The van der Waals surface area contributed by atoms with Gasteiger partial charge in [0.05, 0.1) is 12.2 Å². The number of epoxide rings is 1. The maximum atomic E-state index is 13.3. The zero-order valence-corrected chi connectivity index (χ0v) is 14.8. The molecule has 1 aliphatic rings. The molecule has 1 saturated heterocycles. The molecule has 3 nitrogen and oxygen atoms in total. The Labute approximate surface area is 157 Å². The third-order valence-electron chi connectivity index (χ3n) is 4.46. The minimum Gasteiger partial charge on any atom is -0.488 e. The lowest BCUT2D eigenvalue weighted by molar-refractivity contribution is 0.0866. The zero-order chi connectivity index (χ0) is 18.0. The fraction of sp³-hybridized carbons (Fsp3) is 0.136. The Balaban J connectivity index is 1.63. The highest BCUT2D eigenvalue weighted by molar-refractivity contribution is 6.31. The molecule has 26 heavy (non-hydrogen) atoms. The van der Waals surface area contributed by atoms with Crippen LogP contribution in [-0.2, 0) is 16.9 Å². The van der Waals surface area contributed by atoms with Gasteiger partial charge in [-0.25, -0.2) is 0 Å². The van der Waals surface area contributed by atoms with Crippen LogP contribution >= 0.6 is 11.6 Å². The van der Waals surface area contributed by atoms with Gasteiger partial charge in [-0.15, -0.1) is 0 Å². The number of hydrogen-bond donors (Lipinski definition) is 0. The van der Waals surface area contributed by atoms with Crippen molar-refractivity contribution in [1.82, 2.24) is 0 Å². The molecule has 4 rings (SSSR count). The van der Waals surface area contributed by atoms with Crippen LogP contribution in [-0.4, -0.2) is 12.4 Å². The van der Waals surface area contributed by atoms with Crippen molar-refractivity contribution in [1.29, 1.82) is 0 Å². The summed E-state index contributed by atoms with van der Waals surface area (Å²) in [5.74, 6) is 0.378. The summed E-state index contributed by atoms with van der Waals surface area (Å²) in [4.78, 5) is 13.3. The molecule has 0 bridgehead atoms. The monoisotopic (exact) mass is 364 g/mol. The molecule has 0 saturated carbocycles. The van der Waals surface area contributed by atoms with Gasteiger partial charge < -0.3 is 9.47 Å². The van der Waals surface area contributed by atoms with Crippen molar-refractivity contribution in [3.05, 3.63) is 101 Å². The van der Waals surface area contributed by atoms with Crippen LogP contribution in [0.4, 0.5) is 0 Å². The summed E-state index contributed by atoms with van der Waals surface area (Å²) >= 11 is 6.15. The number of ether oxygens (including phenoxy) is 2. The Kier molecular flexibility index (Phi) is 4.49. The largest absolute Gasteiger partial charge is 0.488 e. The first-order valence-electron chi connectivity index (χ1n) is 8.40. The van der Waals surface area contributed by atoms with Crippen LogP contribution in [0.3, 0.4) is 0 Å². The highest BCUT2D eigenvalue weighted by Crippen LogP contribution is 2.43. The van der Waals surface area contributed by atoms with Gasteiger partial charge in [0.2, 0.25) is 5.78 Å². The normalized spacial score (nSPS) is 18.3. The Morgan fingerprint density at radius 2 is 1.65 bits per heavy atom. The van der Waals surface area contributed by atoms with Gasteiger partial charge in [-0.05, 0) is 29.3 Å². The van der Waals surface area contributed by atoms with Crippen LogP contribution in [0.5, 0.6) is 5.75 Å². The molecular weight excluding hydrogens is 348 g/mol. The second-order valence-electron chi connectivity index (χ2n) is 6.23. The smallest absolute Gasteiger partial charge is 0.205 e. The van der Waals surface area contributed by atoms with E-state index >= 15 is 0 Å². The average molecular weight is 365 g/mol. The van der Waals surface area contributed by atoms with Gasteiger partial charge in [0.25, 0.3) is 0 Å². The molecule has 4 heteroatoms. The lowest BCUT2D eigenvalue weighted by atomic mass is 9.90. The fourth-order valence-electron chi connectivity index (χ4n) is 2.97. The number of benzene rings is 3. The summed E-state index contributed by atoms with van der Waals surface area (Å²) in [5, 5.41) is 0.490. The zero-order valence-electron chi connectivity index (χ0n) is 14.0. The standard InChI is InChI=1S/C22H17ClO3/c23-18-11-12-20(25-14-16-7-3-1-4-8-16)19(13-18)21(24)22(15-26-22)17-9-5-2-6-10-17/h1-13H,14-15H2. The Morgan fingerprint density at radius 3 is 2.31 bits per heavy atom. The van der Waals surface area contributed by atoms with E-state index in [2.05, 4.69) is 0 Å². The number of carbonyl (C=O) groups is 1. The van der Waals surface area contributed by atoms with E-state index in [1.165, 1.54) is 0 Å². The van der Waals surface area contributed by atoms with E-state index < -0.39 is 5.60 Å². The molecule has 130 valence electrons. The summed E-state index contributed by atoms with van der Waals surface area (Å²) in [6, 6.07) is 24.4. The summed E-state index contributed by atoms with van der Waals surface area (Å²) in [6.45, 7) is 0.739. The predicted molar refractivity (Wildman–Crippen MR) is 101 cm³/mol. The van der Waals surface area contributed by atoms with Crippen LogP contribution in [0, 0.1) is 0 Å². The third kappa shape index (κ3) is 3.24. The van der Waals surface area contributed by atoms with Crippen molar-refractivity contribution in [2.45, 2.75) is 12.2 Å². The van der Waals surface area contributed by atoms with Gasteiger partial charge in [-0.2, -0.15) is 0 Å². The average Bonchev–Trinajstić information content (AvgIpc) is 3.50. The van der Waals surface area contributed by atoms with Gasteiger partial charge in [0, 0.05) is 5.02 Å². The van der Waals surface area contributed by atoms with Gasteiger partial charge in [-0.1, -0.05) is 72.3 Å². The van der Waals surface area contributed by atoms with Gasteiger partial charge in [-0.3, -0.25) is 4.79 Å². The highest BCUT2D eigenvalue weighted by atomic mass is 35.5. The maximum Gasteiger partial charge on any atom is 0.205 e. The first kappa shape index (κ1) is 16.8. The van der Waals surface area contributed by atoms with Gasteiger partial charge >= 0.3 is 0 Å². The van der Waals surface area contributed by atoms with Crippen molar-refractivity contribution in [3.8, 4) is 5.75 Å². The second-order valence-corrected chi connectivity index (χ2v) is 6.66. The minimum absolute atomic E-state index is 0.130. The van der Waals surface area contributed by atoms with Crippen molar-refractivity contribution in [2.24, 2.45) is 0 Å². The first-order valence-corrected chi connectivity index (χ1v) is 8.77. The number of carbonyl (C=O) groups excluding carboxylic acids is 1. The lowest BCUT2D eigenvalue weighted by Crippen LogP contribution is -2.23. The molecule has 0 N–H and O–H groups in total. The number of ketones is 1. The molecule has 1 unspecified atom stereocenters. The molecule has 0 radical (unpaired) electrons. The van der Waals surface area contributed by atoms with E-state index in [0.717, 1.165) is 11.1 Å². The van der Waals surface area contributed by atoms with Crippen LogP contribution in [0.25, 0.3) is 0 Å². The van der Waals surface area contributed by atoms with E-state index in [4.69, 9.17) is 21.1 Å². The molecule has 1 aliphatic heterocycles. The molecule has 0 aromatic heterocycles. The topological polar surface area (TPSA) is 38.8 Å². The first-order chi connectivity index (χ1) is 12.7. The van der Waals surface area contributed by atoms with Crippen molar-refractivity contribution < 1.29 is 14.3 Å². The van der Waals surface area contributed by atoms with E-state index in [1.807, 2.05) is 60.7 Å². The Morgan fingerprint density at radius 1 is 1.00 bits per heavy atom. The summed E-state index contributed by atoms with van der Waals surface area (Å²) in [7, 11) is 0. The summed E-state index contributed by atoms with van der Waals surface area (Å²) < 4.78 is 11.5. The Hall–Kier alpha value is -2.62. The summed E-state index contributed by atoms with van der Waals surface area (Å²) in [5.41, 5.74) is 1.38. The van der Waals surface area contributed by atoms with Crippen molar-refractivity contribution >= 4 is 17.4 Å². The highest BCUT2D eigenvalue weighted by Gasteiger charge is 2.54. The molecule has 3 aromatic carbocycles. The molecule has 0 amide bonds. The van der Waals surface area contributed by atoms with Crippen LogP contribution in [0.1, 0.15) is 21.5 Å². The fourth-order valence-corrected chi connectivity index (χ4v) is 3.14. The van der Waals surface area contributed by atoms with Crippen LogP contribution in [0.2, 0.25) is 5.02 Å². The quantitative estimate of drug-likeness (QED) is 0.455. The third-order valence-corrected chi connectivity index (χ3v) is 4.70. The van der Waals surface area contributed by atoms with Crippen molar-refractivity contribution in [3.63, 3.8) is 0 Å². The number of halogens is 1. The molecule has 1 atom stereocenters. The maximum absolute atomic E-state index is 13.3. The molecule has 0 aliphatic carbocycles. The Bertz CT molecular complexity index is 919. The number of Topliss-reactive ketones (excluding diaryl/α,β-unsaturated/α-hetero) is 1. The molecule has 0 spiro atoms. The predicted octanol–water partition coefficient (Wildman–Crippen LogP) is 5.03. The molecule has 1 heterocycles. The minimum atomic E-state index is -0.934. The number of rotatable bonds is 6. The van der Waals surface area contributed by atoms with Crippen LogP contribution < -0.4 is 4.74 Å². The summed E-state index contributed by atoms with van der Waals surface area (Å²) in [6.07, 6.45) is 0. The molecule has 1 fully saturated rings. The van der Waals surface area contributed by atoms with E-state index in [-0.39, 0.29) is 5.78 Å². The van der Waals surface area contributed by atoms with Crippen LogP contribution in [0.15, 0.2) is 78.9 Å². The molecular formula is C22H17ClO3. The van der Waals surface area contributed by atoms with E-state index in [0.29, 0.717) is 29.5 Å². The van der Waals surface area contributed by atoms with E-state index in [1.54, 1.807) is 18.2 Å². The lowest BCUT2D eigenvalue weighted by Gasteiger charge is -2.15. The molecule has 3 aromatic rings. The van der Waals surface area contributed by atoms with Crippen molar-refractivity contribution in [2.75, 3.05) is 6.61 Å². The number of hydrogen-bond acceptors (Lipinski definition) is 3.